The fourth-order valence-corrected chi connectivity index (χ4v) is 2.92. The van der Waals surface area contributed by atoms with E-state index in [0.717, 1.165) is 12.2 Å². The van der Waals surface area contributed by atoms with E-state index < -0.39 is 0 Å². The van der Waals surface area contributed by atoms with Crippen molar-refractivity contribution < 1.29 is 4.52 Å². The molecule has 2 unspecified atom stereocenters. The molecule has 84 valence electrons. The van der Waals surface area contributed by atoms with Gasteiger partial charge < -0.3 is 10.3 Å². The molecule has 1 aromatic rings. The fourth-order valence-electron chi connectivity index (χ4n) is 1.76. The minimum Gasteiger partial charge on any atom is -0.338 e. The maximum atomic E-state index is 5.66. The predicted molar refractivity (Wildman–Crippen MR) is 60.7 cm³/mol. The molecule has 0 amide bonds. The monoisotopic (exact) mass is 227 g/mol. The van der Waals surface area contributed by atoms with Crippen molar-refractivity contribution in [1.82, 2.24) is 10.1 Å². The lowest BCUT2D eigenvalue weighted by atomic mass is 10.0. The van der Waals surface area contributed by atoms with Crippen LogP contribution < -0.4 is 5.73 Å². The van der Waals surface area contributed by atoms with Gasteiger partial charge in [0.05, 0.1) is 6.04 Å². The van der Waals surface area contributed by atoms with Gasteiger partial charge in [-0.25, -0.2) is 0 Å². The number of rotatable bonds is 3. The molecular formula is C10H17N3OS. The van der Waals surface area contributed by atoms with Crippen molar-refractivity contribution in [3.63, 3.8) is 0 Å². The molecule has 1 aliphatic heterocycles. The van der Waals surface area contributed by atoms with E-state index in [-0.39, 0.29) is 6.04 Å². The lowest BCUT2D eigenvalue weighted by Gasteiger charge is -2.19. The molecule has 4 nitrogen and oxygen atoms in total. The molecular weight excluding hydrogens is 210 g/mol. The van der Waals surface area contributed by atoms with E-state index in [2.05, 4.69) is 10.1 Å². The first kappa shape index (κ1) is 11.0. The highest BCUT2D eigenvalue weighted by atomic mass is 32.2. The van der Waals surface area contributed by atoms with Gasteiger partial charge in [-0.3, -0.25) is 0 Å². The maximum Gasteiger partial charge on any atom is 0.243 e. The Balaban J connectivity index is 1.91. The average molecular weight is 227 g/mol. The molecule has 0 bridgehead atoms. The molecule has 15 heavy (non-hydrogen) atoms. The molecule has 2 rings (SSSR count). The molecule has 0 saturated carbocycles. The largest absolute Gasteiger partial charge is 0.338 e. The molecule has 0 aromatic carbocycles. The standard InChI is InChI=1S/C10H17N3OS/c1-7(11)10-12-9(13-14-10)5-8-3-2-4-15-6-8/h7-8H,2-6,11H2,1H3. The van der Waals surface area contributed by atoms with Crippen LogP contribution in [0.15, 0.2) is 4.52 Å². The molecule has 2 heterocycles. The van der Waals surface area contributed by atoms with Gasteiger partial charge in [-0.2, -0.15) is 16.7 Å². The second-order valence-electron chi connectivity index (χ2n) is 4.12. The Labute approximate surface area is 94.0 Å². The summed E-state index contributed by atoms with van der Waals surface area (Å²) < 4.78 is 5.07. The number of hydrogen-bond donors (Lipinski definition) is 1. The molecule has 2 N–H and O–H groups in total. The summed E-state index contributed by atoms with van der Waals surface area (Å²) >= 11 is 2.02. The highest BCUT2D eigenvalue weighted by molar-refractivity contribution is 7.99. The average Bonchev–Trinajstić information content (AvgIpc) is 2.68. The molecule has 1 fully saturated rings. The lowest BCUT2D eigenvalue weighted by Crippen LogP contribution is -2.14. The van der Waals surface area contributed by atoms with Gasteiger partial charge in [-0.05, 0) is 37.2 Å². The number of nitrogens with two attached hydrogens (primary N) is 1. The van der Waals surface area contributed by atoms with Gasteiger partial charge in [-0.15, -0.1) is 0 Å². The first-order valence-electron chi connectivity index (χ1n) is 5.41. The smallest absolute Gasteiger partial charge is 0.243 e. The Hall–Kier alpha value is -0.550. The quantitative estimate of drug-likeness (QED) is 0.852. The zero-order valence-electron chi connectivity index (χ0n) is 8.98. The van der Waals surface area contributed by atoms with Crippen LogP contribution in [0.5, 0.6) is 0 Å². The number of thioether (sulfide) groups is 1. The van der Waals surface area contributed by atoms with E-state index in [0.29, 0.717) is 11.8 Å². The van der Waals surface area contributed by atoms with Crippen LogP contribution in [-0.4, -0.2) is 21.6 Å². The van der Waals surface area contributed by atoms with Crippen LogP contribution >= 0.6 is 11.8 Å². The van der Waals surface area contributed by atoms with Crippen molar-refractivity contribution >= 4 is 11.8 Å². The number of nitrogens with zero attached hydrogens (tertiary/aromatic N) is 2. The van der Waals surface area contributed by atoms with Crippen molar-refractivity contribution in [3.8, 4) is 0 Å². The summed E-state index contributed by atoms with van der Waals surface area (Å²) in [6.45, 7) is 1.85. The van der Waals surface area contributed by atoms with Gasteiger partial charge in [0, 0.05) is 6.42 Å². The molecule has 5 heteroatoms. The topological polar surface area (TPSA) is 64.9 Å². The zero-order valence-corrected chi connectivity index (χ0v) is 9.80. The number of aromatic nitrogens is 2. The molecule has 1 aromatic heterocycles. The Morgan fingerprint density at radius 1 is 1.67 bits per heavy atom. The van der Waals surface area contributed by atoms with E-state index in [9.17, 15) is 0 Å². The second kappa shape index (κ2) is 4.99. The summed E-state index contributed by atoms with van der Waals surface area (Å²) in [5.74, 6) is 4.60. The van der Waals surface area contributed by atoms with Gasteiger partial charge in [0.2, 0.25) is 5.89 Å². The maximum absolute atomic E-state index is 5.66. The Bertz CT molecular complexity index is 307. The molecule has 1 saturated heterocycles. The first-order chi connectivity index (χ1) is 7.25. The third kappa shape index (κ3) is 2.95. The van der Waals surface area contributed by atoms with E-state index >= 15 is 0 Å². The highest BCUT2D eigenvalue weighted by Gasteiger charge is 2.18. The zero-order chi connectivity index (χ0) is 10.7. The van der Waals surface area contributed by atoms with Crippen molar-refractivity contribution in [2.24, 2.45) is 11.7 Å². The summed E-state index contributed by atoms with van der Waals surface area (Å²) in [6, 6.07) is -0.160. The van der Waals surface area contributed by atoms with Gasteiger partial charge in [0.1, 0.15) is 0 Å². The second-order valence-corrected chi connectivity index (χ2v) is 5.27. The van der Waals surface area contributed by atoms with Crippen LogP contribution in [0.3, 0.4) is 0 Å². The van der Waals surface area contributed by atoms with Crippen molar-refractivity contribution in [3.05, 3.63) is 11.7 Å². The van der Waals surface area contributed by atoms with Gasteiger partial charge in [-0.1, -0.05) is 5.16 Å². The normalized spacial score (nSPS) is 24.0. The highest BCUT2D eigenvalue weighted by Crippen LogP contribution is 2.25. The van der Waals surface area contributed by atoms with Crippen LogP contribution in [-0.2, 0) is 6.42 Å². The van der Waals surface area contributed by atoms with Crippen LogP contribution in [0.2, 0.25) is 0 Å². The van der Waals surface area contributed by atoms with Crippen LogP contribution in [0, 0.1) is 5.92 Å². The molecule has 0 radical (unpaired) electrons. The van der Waals surface area contributed by atoms with Crippen LogP contribution in [0.25, 0.3) is 0 Å². The van der Waals surface area contributed by atoms with Crippen molar-refractivity contribution in [2.45, 2.75) is 32.2 Å². The Morgan fingerprint density at radius 2 is 2.53 bits per heavy atom. The SMILES string of the molecule is CC(N)c1nc(CC2CCCSC2)no1. The van der Waals surface area contributed by atoms with Crippen molar-refractivity contribution in [1.29, 1.82) is 0 Å². The molecule has 2 atom stereocenters. The number of hydrogen-bond acceptors (Lipinski definition) is 5. The summed E-state index contributed by atoms with van der Waals surface area (Å²) in [6.07, 6.45) is 3.53. The summed E-state index contributed by atoms with van der Waals surface area (Å²) in [5, 5.41) is 3.96. The Morgan fingerprint density at radius 3 is 3.13 bits per heavy atom. The lowest BCUT2D eigenvalue weighted by molar-refractivity contribution is 0.354. The molecule has 0 spiro atoms. The Kier molecular flexibility index (Phi) is 3.64. The third-order valence-electron chi connectivity index (χ3n) is 2.60. The van der Waals surface area contributed by atoms with E-state index in [4.69, 9.17) is 10.3 Å². The third-order valence-corrected chi connectivity index (χ3v) is 3.88. The van der Waals surface area contributed by atoms with Crippen molar-refractivity contribution in [2.75, 3.05) is 11.5 Å². The summed E-state index contributed by atoms with van der Waals surface area (Å²) in [5.41, 5.74) is 5.66. The first-order valence-corrected chi connectivity index (χ1v) is 6.57. The molecule has 1 aliphatic rings. The molecule has 0 aliphatic carbocycles. The minimum absolute atomic E-state index is 0.160. The summed E-state index contributed by atoms with van der Waals surface area (Å²) in [4.78, 5) is 4.29. The predicted octanol–water partition coefficient (Wildman–Crippen LogP) is 1.78. The van der Waals surface area contributed by atoms with Crippen LogP contribution in [0.4, 0.5) is 0 Å². The minimum atomic E-state index is -0.160. The van der Waals surface area contributed by atoms with E-state index in [1.165, 1.54) is 24.3 Å². The van der Waals surface area contributed by atoms with Crippen LogP contribution in [0.1, 0.15) is 37.5 Å². The van der Waals surface area contributed by atoms with Gasteiger partial charge >= 0.3 is 0 Å². The van der Waals surface area contributed by atoms with Gasteiger partial charge in [0.15, 0.2) is 5.82 Å². The summed E-state index contributed by atoms with van der Waals surface area (Å²) in [7, 11) is 0. The van der Waals surface area contributed by atoms with E-state index in [1.54, 1.807) is 0 Å². The van der Waals surface area contributed by atoms with Gasteiger partial charge in [0.25, 0.3) is 0 Å². The van der Waals surface area contributed by atoms with E-state index in [1.807, 2.05) is 18.7 Å². The fraction of sp³-hybridized carbons (Fsp3) is 0.800.